The van der Waals surface area contributed by atoms with Crippen molar-refractivity contribution in [1.82, 2.24) is 5.32 Å². The van der Waals surface area contributed by atoms with Crippen LogP contribution in [0.15, 0.2) is 18.2 Å². The fourth-order valence-corrected chi connectivity index (χ4v) is 1.63. The lowest BCUT2D eigenvalue weighted by atomic mass is 10.1. The van der Waals surface area contributed by atoms with E-state index in [9.17, 15) is 13.2 Å². The number of hydrogen-bond acceptors (Lipinski definition) is 3. The molecule has 1 N–H and O–H groups in total. The van der Waals surface area contributed by atoms with Gasteiger partial charge in [0.1, 0.15) is 18.1 Å². The summed E-state index contributed by atoms with van der Waals surface area (Å²) < 4.78 is 44.9. The van der Waals surface area contributed by atoms with Crippen LogP contribution in [-0.4, -0.2) is 20.0 Å². The van der Waals surface area contributed by atoms with Crippen LogP contribution in [0, 0.1) is 0 Å². The Bertz CT molecular complexity index is 398. The highest BCUT2D eigenvalue weighted by Gasteiger charge is 2.32. The topological polar surface area (TPSA) is 30.5 Å². The fraction of sp³-hybridized carbons (Fsp3) is 0.400. The molecule has 1 aromatic carbocycles. The van der Waals surface area contributed by atoms with Crippen LogP contribution in [0.4, 0.5) is 13.2 Å². The zero-order chi connectivity index (χ0) is 11.8. The standard InChI is InChI=1S/C10H10F3NO2.ClH/c1-14-8-5-15-9-4-6(2-3-7(8)9)16-10(11,12)13;/h2-4,8,14H,5H2,1H3;1H. The van der Waals surface area contributed by atoms with Crippen LogP contribution >= 0.6 is 12.4 Å². The summed E-state index contributed by atoms with van der Waals surface area (Å²) in [6.45, 7) is 0.418. The van der Waals surface area contributed by atoms with Crippen LogP contribution in [0.1, 0.15) is 11.6 Å². The molecule has 1 aliphatic heterocycles. The van der Waals surface area contributed by atoms with E-state index in [-0.39, 0.29) is 24.2 Å². The first-order valence-electron chi connectivity index (χ1n) is 4.69. The van der Waals surface area contributed by atoms with Gasteiger partial charge < -0.3 is 14.8 Å². The Hall–Kier alpha value is -1.14. The molecule has 3 nitrogen and oxygen atoms in total. The van der Waals surface area contributed by atoms with Crippen LogP contribution in [0.25, 0.3) is 0 Å². The van der Waals surface area contributed by atoms with Gasteiger partial charge in [0.15, 0.2) is 0 Å². The fourth-order valence-electron chi connectivity index (χ4n) is 1.63. The quantitative estimate of drug-likeness (QED) is 0.895. The SMILES string of the molecule is CNC1COc2cc(OC(F)(F)F)ccc21.Cl. The maximum absolute atomic E-state index is 12.0. The van der Waals surface area contributed by atoms with Crippen molar-refractivity contribution < 1.29 is 22.6 Å². The van der Waals surface area contributed by atoms with Crippen molar-refractivity contribution in [2.45, 2.75) is 12.4 Å². The molecular weight excluding hydrogens is 259 g/mol. The molecule has 1 unspecified atom stereocenters. The lowest BCUT2D eigenvalue weighted by molar-refractivity contribution is -0.274. The van der Waals surface area contributed by atoms with Crippen molar-refractivity contribution in [2.75, 3.05) is 13.7 Å². The van der Waals surface area contributed by atoms with Gasteiger partial charge in [-0.3, -0.25) is 0 Å². The molecule has 96 valence electrons. The lowest BCUT2D eigenvalue weighted by Gasteiger charge is -2.10. The number of benzene rings is 1. The lowest BCUT2D eigenvalue weighted by Crippen LogP contribution is -2.17. The van der Waals surface area contributed by atoms with Gasteiger partial charge in [0.05, 0.1) is 6.04 Å². The van der Waals surface area contributed by atoms with Crippen molar-refractivity contribution >= 4 is 12.4 Å². The maximum Gasteiger partial charge on any atom is 0.573 e. The number of nitrogens with one attached hydrogen (secondary N) is 1. The molecule has 0 spiro atoms. The monoisotopic (exact) mass is 269 g/mol. The minimum Gasteiger partial charge on any atom is -0.491 e. The Balaban J connectivity index is 0.00000144. The van der Waals surface area contributed by atoms with Crippen LogP contribution < -0.4 is 14.8 Å². The molecule has 1 atom stereocenters. The molecule has 0 saturated heterocycles. The average Bonchev–Trinajstić information content (AvgIpc) is 2.57. The van der Waals surface area contributed by atoms with Gasteiger partial charge in [0.2, 0.25) is 0 Å². The van der Waals surface area contributed by atoms with Crippen LogP contribution in [0.3, 0.4) is 0 Å². The highest BCUT2D eigenvalue weighted by Crippen LogP contribution is 2.36. The highest BCUT2D eigenvalue weighted by molar-refractivity contribution is 5.85. The van der Waals surface area contributed by atoms with Crippen molar-refractivity contribution in [2.24, 2.45) is 0 Å². The molecule has 0 aromatic heterocycles. The molecule has 2 rings (SSSR count). The Kier molecular flexibility index (Phi) is 4.11. The average molecular weight is 270 g/mol. The summed E-state index contributed by atoms with van der Waals surface area (Å²) in [4.78, 5) is 0. The minimum atomic E-state index is -4.67. The Morgan fingerprint density at radius 1 is 1.41 bits per heavy atom. The van der Waals surface area contributed by atoms with E-state index in [2.05, 4.69) is 10.1 Å². The van der Waals surface area contributed by atoms with Crippen LogP contribution in [-0.2, 0) is 0 Å². The van der Waals surface area contributed by atoms with Gasteiger partial charge in [0.25, 0.3) is 0 Å². The Morgan fingerprint density at radius 3 is 2.71 bits per heavy atom. The number of rotatable bonds is 2. The predicted octanol–water partition coefficient (Wildman–Crippen LogP) is 2.66. The van der Waals surface area contributed by atoms with E-state index in [4.69, 9.17) is 4.74 Å². The van der Waals surface area contributed by atoms with E-state index in [0.717, 1.165) is 5.56 Å². The second kappa shape index (κ2) is 5.01. The number of halogens is 4. The minimum absolute atomic E-state index is 0. The van der Waals surface area contributed by atoms with E-state index in [1.807, 2.05) is 0 Å². The molecule has 0 amide bonds. The van der Waals surface area contributed by atoms with Crippen molar-refractivity contribution in [3.05, 3.63) is 23.8 Å². The summed E-state index contributed by atoms with van der Waals surface area (Å²) in [5.41, 5.74) is 0.844. The summed E-state index contributed by atoms with van der Waals surface area (Å²) >= 11 is 0. The van der Waals surface area contributed by atoms with Crippen molar-refractivity contribution in [3.63, 3.8) is 0 Å². The van der Waals surface area contributed by atoms with E-state index in [0.29, 0.717) is 12.4 Å². The van der Waals surface area contributed by atoms with Crippen LogP contribution in [0.5, 0.6) is 11.5 Å². The first-order valence-corrected chi connectivity index (χ1v) is 4.69. The molecule has 17 heavy (non-hydrogen) atoms. The number of fused-ring (bicyclic) bond motifs is 1. The molecule has 0 fully saturated rings. The molecule has 1 heterocycles. The van der Waals surface area contributed by atoms with E-state index < -0.39 is 6.36 Å². The molecule has 7 heteroatoms. The second-order valence-corrected chi connectivity index (χ2v) is 3.40. The molecule has 0 aliphatic carbocycles. The first kappa shape index (κ1) is 13.9. The largest absolute Gasteiger partial charge is 0.573 e. The number of alkyl halides is 3. The predicted molar refractivity (Wildman–Crippen MR) is 57.7 cm³/mol. The van der Waals surface area contributed by atoms with Gasteiger partial charge in [-0.2, -0.15) is 0 Å². The van der Waals surface area contributed by atoms with E-state index >= 15 is 0 Å². The summed E-state index contributed by atoms with van der Waals surface area (Å²) in [6.07, 6.45) is -4.67. The Morgan fingerprint density at radius 2 is 2.12 bits per heavy atom. The van der Waals surface area contributed by atoms with Gasteiger partial charge in [-0.05, 0) is 19.2 Å². The Labute approximate surface area is 102 Å². The first-order chi connectivity index (χ1) is 7.49. The van der Waals surface area contributed by atoms with Crippen LogP contribution in [0.2, 0.25) is 0 Å². The second-order valence-electron chi connectivity index (χ2n) is 3.40. The summed E-state index contributed by atoms with van der Waals surface area (Å²) in [5, 5.41) is 3.00. The molecule has 0 saturated carbocycles. The van der Waals surface area contributed by atoms with E-state index in [1.165, 1.54) is 12.1 Å². The molecule has 0 radical (unpaired) electrons. The van der Waals surface area contributed by atoms with Gasteiger partial charge in [0, 0.05) is 11.6 Å². The molecule has 1 aliphatic rings. The number of likely N-dealkylation sites (N-methyl/N-ethyl adjacent to an activating group) is 1. The number of ether oxygens (including phenoxy) is 2. The highest BCUT2D eigenvalue weighted by atomic mass is 35.5. The van der Waals surface area contributed by atoms with E-state index in [1.54, 1.807) is 13.1 Å². The third-order valence-electron chi connectivity index (χ3n) is 2.35. The van der Waals surface area contributed by atoms with Crippen molar-refractivity contribution in [1.29, 1.82) is 0 Å². The molecule has 0 bridgehead atoms. The summed E-state index contributed by atoms with van der Waals surface area (Å²) in [6, 6.07) is 4.13. The summed E-state index contributed by atoms with van der Waals surface area (Å²) in [7, 11) is 1.77. The summed E-state index contributed by atoms with van der Waals surface area (Å²) in [5.74, 6) is 0.170. The third-order valence-corrected chi connectivity index (χ3v) is 2.35. The van der Waals surface area contributed by atoms with Gasteiger partial charge in [-0.1, -0.05) is 0 Å². The van der Waals surface area contributed by atoms with Gasteiger partial charge in [-0.15, -0.1) is 25.6 Å². The van der Waals surface area contributed by atoms with Gasteiger partial charge in [-0.25, -0.2) is 0 Å². The molecular formula is C10H11ClF3NO2. The zero-order valence-corrected chi connectivity index (χ0v) is 9.69. The van der Waals surface area contributed by atoms with Crippen molar-refractivity contribution in [3.8, 4) is 11.5 Å². The smallest absolute Gasteiger partial charge is 0.491 e. The third kappa shape index (κ3) is 3.17. The maximum atomic E-state index is 12.0. The number of hydrogen-bond donors (Lipinski definition) is 1. The normalized spacial score (nSPS) is 18.0. The van der Waals surface area contributed by atoms with Gasteiger partial charge >= 0.3 is 6.36 Å². The zero-order valence-electron chi connectivity index (χ0n) is 8.88. The molecule has 1 aromatic rings.